The number of para-hydroxylation sites is 1. The average molecular weight is 550 g/mol. The predicted octanol–water partition coefficient (Wildman–Crippen LogP) is 5.96. The van der Waals surface area contributed by atoms with E-state index < -0.39 is 0 Å². The zero-order valence-electron chi connectivity index (χ0n) is 23.2. The van der Waals surface area contributed by atoms with Gasteiger partial charge in [0.05, 0.1) is 41.2 Å². The first kappa shape index (κ1) is 27.9. The third-order valence-electron chi connectivity index (χ3n) is 6.69. The van der Waals surface area contributed by atoms with Gasteiger partial charge in [-0.1, -0.05) is 18.2 Å². The molecule has 2 N–H and O–H groups in total. The first-order valence-corrected chi connectivity index (χ1v) is 13.0. The first-order chi connectivity index (χ1) is 18.9. The Morgan fingerprint density at radius 1 is 0.846 bits per heavy atom. The van der Waals surface area contributed by atoms with Gasteiger partial charge >= 0.3 is 0 Å². The molecule has 0 spiro atoms. The molecule has 4 aromatic rings. The Kier molecular flexibility index (Phi) is 9.03. The van der Waals surface area contributed by atoms with Gasteiger partial charge in [-0.3, -0.25) is 0 Å². The summed E-state index contributed by atoms with van der Waals surface area (Å²) in [5.41, 5.74) is 5.23. The van der Waals surface area contributed by atoms with Crippen LogP contribution in [0.2, 0.25) is 0 Å². The monoisotopic (exact) mass is 549 g/mol. The van der Waals surface area contributed by atoms with Gasteiger partial charge in [0.25, 0.3) is 0 Å². The highest BCUT2D eigenvalue weighted by molar-refractivity contribution is 7.80. The number of hydrogen-bond donors (Lipinski definition) is 2. The molecule has 0 amide bonds. The summed E-state index contributed by atoms with van der Waals surface area (Å²) in [7, 11) is 8.07. The molecular weight excluding hydrogens is 514 g/mol. The van der Waals surface area contributed by atoms with Crippen LogP contribution in [-0.2, 0) is 13.0 Å². The summed E-state index contributed by atoms with van der Waals surface area (Å²) in [5, 5.41) is 5.14. The lowest BCUT2D eigenvalue weighted by Crippen LogP contribution is -2.36. The first-order valence-electron chi connectivity index (χ1n) is 12.5. The van der Waals surface area contributed by atoms with E-state index >= 15 is 0 Å². The third kappa shape index (κ3) is 6.15. The van der Waals surface area contributed by atoms with E-state index in [-0.39, 0.29) is 0 Å². The molecule has 0 unspecified atom stereocenters. The number of nitrogens with one attached hydrogen (secondary N) is 2. The molecular formula is C30H35N3O5S. The summed E-state index contributed by atoms with van der Waals surface area (Å²) in [6.07, 6.45) is 0.789. The summed E-state index contributed by atoms with van der Waals surface area (Å²) < 4.78 is 27.7. The van der Waals surface area contributed by atoms with E-state index in [1.807, 2.05) is 36.4 Å². The van der Waals surface area contributed by atoms with Gasteiger partial charge in [0.2, 0.25) is 5.75 Å². The number of thiocarbonyl (C=S) groups is 1. The number of aromatic nitrogens is 1. The summed E-state index contributed by atoms with van der Waals surface area (Å²) in [4.78, 5) is 5.62. The number of hydrogen-bond acceptors (Lipinski definition) is 6. The zero-order valence-corrected chi connectivity index (χ0v) is 24.0. The predicted molar refractivity (Wildman–Crippen MR) is 159 cm³/mol. The van der Waals surface area contributed by atoms with Gasteiger partial charge in [-0.2, -0.15) is 0 Å². The summed E-state index contributed by atoms with van der Waals surface area (Å²) in [5.74, 6) is 3.09. The number of anilines is 1. The fourth-order valence-electron chi connectivity index (χ4n) is 4.71. The number of methoxy groups -OCH3 is 5. The number of ether oxygens (including phenoxy) is 5. The Morgan fingerprint density at radius 2 is 1.54 bits per heavy atom. The largest absolute Gasteiger partial charge is 0.497 e. The second-order valence-electron chi connectivity index (χ2n) is 8.98. The van der Waals surface area contributed by atoms with Crippen molar-refractivity contribution in [3.63, 3.8) is 0 Å². The van der Waals surface area contributed by atoms with Crippen molar-refractivity contribution in [1.82, 2.24) is 9.88 Å². The lowest BCUT2D eigenvalue weighted by molar-refractivity contribution is 0.322. The second kappa shape index (κ2) is 12.6. The van der Waals surface area contributed by atoms with Crippen LogP contribution in [-0.4, -0.2) is 57.1 Å². The maximum atomic E-state index is 5.96. The van der Waals surface area contributed by atoms with Crippen LogP contribution in [0.3, 0.4) is 0 Å². The van der Waals surface area contributed by atoms with Gasteiger partial charge in [0.15, 0.2) is 16.6 Å². The van der Waals surface area contributed by atoms with Crippen LogP contribution in [0, 0.1) is 6.92 Å². The van der Waals surface area contributed by atoms with Crippen LogP contribution in [0.5, 0.6) is 28.7 Å². The van der Waals surface area contributed by atoms with Gasteiger partial charge in [0.1, 0.15) is 11.5 Å². The standard InChI is InChI=1S/C30H35N3O5S/c1-19-22(23-9-7-8-10-24(23)31-19)13-14-33(18-20-15-27(36-4)29(38-6)28(16-20)37-5)30(39)32-25-17-21(34-2)11-12-26(25)35-3/h7-12,15-17,31H,13-14,18H2,1-6H3,(H,32,39). The van der Waals surface area contributed by atoms with E-state index in [1.165, 1.54) is 10.9 Å². The van der Waals surface area contributed by atoms with E-state index in [1.54, 1.807) is 35.5 Å². The fraction of sp³-hybridized carbons (Fsp3) is 0.300. The maximum Gasteiger partial charge on any atom is 0.203 e. The van der Waals surface area contributed by atoms with Gasteiger partial charge < -0.3 is 38.9 Å². The minimum atomic E-state index is 0.510. The van der Waals surface area contributed by atoms with Crippen molar-refractivity contribution >= 4 is 33.9 Å². The van der Waals surface area contributed by atoms with Crippen molar-refractivity contribution in [2.45, 2.75) is 19.9 Å². The maximum absolute atomic E-state index is 5.96. The van der Waals surface area contributed by atoms with Crippen LogP contribution in [0.25, 0.3) is 10.9 Å². The highest BCUT2D eigenvalue weighted by Gasteiger charge is 2.19. The summed E-state index contributed by atoms with van der Waals surface area (Å²) in [6, 6.07) is 17.8. The van der Waals surface area contributed by atoms with Crippen molar-refractivity contribution in [1.29, 1.82) is 0 Å². The number of rotatable bonds is 11. The quantitative estimate of drug-likeness (QED) is 0.222. The molecule has 0 saturated carbocycles. The van der Waals surface area contributed by atoms with Crippen LogP contribution in [0.15, 0.2) is 54.6 Å². The van der Waals surface area contributed by atoms with Crippen LogP contribution in [0.4, 0.5) is 5.69 Å². The van der Waals surface area contributed by atoms with Crippen molar-refractivity contribution in [2.75, 3.05) is 47.4 Å². The van der Waals surface area contributed by atoms with Gasteiger partial charge in [-0.05, 0) is 67.0 Å². The molecule has 0 aliphatic rings. The molecule has 9 heteroatoms. The number of H-pyrrole nitrogens is 1. The van der Waals surface area contributed by atoms with E-state index in [0.29, 0.717) is 46.9 Å². The molecule has 0 radical (unpaired) electrons. The Hall–Kier alpha value is -4.11. The van der Waals surface area contributed by atoms with Crippen LogP contribution < -0.4 is 29.0 Å². The summed E-state index contributed by atoms with van der Waals surface area (Å²) in [6.45, 7) is 3.28. The molecule has 0 aliphatic heterocycles. The Balaban J connectivity index is 1.67. The van der Waals surface area contributed by atoms with Gasteiger partial charge in [-0.25, -0.2) is 0 Å². The number of aryl methyl sites for hydroxylation is 1. The molecule has 0 saturated heterocycles. The van der Waals surface area contributed by atoms with Gasteiger partial charge in [-0.15, -0.1) is 0 Å². The number of fused-ring (bicyclic) bond motifs is 1. The van der Waals surface area contributed by atoms with Crippen LogP contribution >= 0.6 is 12.2 Å². The molecule has 206 valence electrons. The van der Waals surface area contributed by atoms with Crippen molar-refractivity contribution in [3.05, 3.63) is 71.4 Å². The molecule has 0 fully saturated rings. The lowest BCUT2D eigenvalue weighted by atomic mass is 10.1. The van der Waals surface area contributed by atoms with E-state index in [9.17, 15) is 0 Å². The van der Waals surface area contributed by atoms with E-state index in [4.69, 9.17) is 35.9 Å². The minimum absolute atomic E-state index is 0.510. The summed E-state index contributed by atoms with van der Waals surface area (Å²) >= 11 is 5.96. The molecule has 8 nitrogen and oxygen atoms in total. The highest BCUT2D eigenvalue weighted by Crippen LogP contribution is 2.38. The minimum Gasteiger partial charge on any atom is -0.497 e. The van der Waals surface area contributed by atoms with Crippen molar-refractivity contribution in [2.24, 2.45) is 0 Å². The molecule has 1 heterocycles. The third-order valence-corrected chi connectivity index (χ3v) is 7.05. The highest BCUT2D eigenvalue weighted by atomic mass is 32.1. The molecule has 39 heavy (non-hydrogen) atoms. The van der Waals surface area contributed by atoms with Gasteiger partial charge in [0, 0.05) is 35.8 Å². The zero-order chi connectivity index (χ0) is 27.9. The number of aromatic amines is 1. The molecule has 4 rings (SSSR count). The Labute approximate surface area is 234 Å². The molecule has 3 aromatic carbocycles. The number of benzene rings is 3. The second-order valence-corrected chi connectivity index (χ2v) is 9.36. The average Bonchev–Trinajstić information content (AvgIpc) is 3.28. The SMILES string of the molecule is COc1ccc(OC)c(NC(=S)N(CCc2c(C)[nH]c3ccccc23)Cc2cc(OC)c(OC)c(OC)c2)c1. The normalized spacial score (nSPS) is 10.7. The smallest absolute Gasteiger partial charge is 0.203 e. The van der Waals surface area contributed by atoms with E-state index in [2.05, 4.69) is 40.3 Å². The molecule has 1 aromatic heterocycles. The molecule has 0 atom stereocenters. The molecule has 0 aliphatic carbocycles. The number of nitrogens with zero attached hydrogens (tertiary/aromatic N) is 1. The Bertz CT molecular complexity index is 1430. The Morgan fingerprint density at radius 3 is 2.18 bits per heavy atom. The van der Waals surface area contributed by atoms with E-state index in [0.717, 1.165) is 28.9 Å². The van der Waals surface area contributed by atoms with Crippen molar-refractivity contribution in [3.8, 4) is 28.7 Å². The van der Waals surface area contributed by atoms with Crippen molar-refractivity contribution < 1.29 is 23.7 Å². The lowest BCUT2D eigenvalue weighted by Gasteiger charge is -2.27. The fourth-order valence-corrected chi connectivity index (χ4v) is 4.97. The van der Waals surface area contributed by atoms with Crippen LogP contribution in [0.1, 0.15) is 16.8 Å². The topological polar surface area (TPSA) is 77.2 Å². The molecule has 0 bridgehead atoms.